The van der Waals surface area contributed by atoms with Gasteiger partial charge in [0.15, 0.2) is 11.5 Å². The van der Waals surface area contributed by atoms with Crippen LogP contribution in [0.4, 0.5) is 0 Å². The van der Waals surface area contributed by atoms with Crippen LogP contribution in [0.15, 0.2) is 48.5 Å². The molecule has 132 valence electrons. The lowest BCUT2D eigenvalue weighted by atomic mass is 10.1. The van der Waals surface area contributed by atoms with E-state index in [4.69, 9.17) is 4.74 Å². The number of hydrogen-bond donors (Lipinski definition) is 2. The van der Waals surface area contributed by atoms with Crippen molar-refractivity contribution in [2.24, 2.45) is 0 Å². The normalized spacial score (nSPS) is 11.0. The highest BCUT2D eigenvalue weighted by Gasteiger charge is 2.17. The number of ether oxygens (including phenoxy) is 1. The lowest BCUT2D eigenvalue weighted by Crippen LogP contribution is -1.95. The number of carboxylic acid groups (broad SMARTS) is 1. The first-order valence-electron chi connectivity index (χ1n) is 8.02. The fourth-order valence-electron chi connectivity index (χ4n) is 2.42. The summed E-state index contributed by atoms with van der Waals surface area (Å²) in [5.41, 5.74) is 2.05. The molecule has 0 spiro atoms. The third-order valence-electron chi connectivity index (χ3n) is 3.59. The van der Waals surface area contributed by atoms with Gasteiger partial charge in [0.1, 0.15) is 9.88 Å². The zero-order chi connectivity index (χ0) is 18.5. The highest BCUT2D eigenvalue weighted by molar-refractivity contribution is 7.15. The fraction of sp³-hybridized carbons (Fsp3) is 0.100. The Balaban J connectivity index is 1.92. The zero-order valence-corrected chi connectivity index (χ0v) is 14.9. The molecule has 0 fully saturated rings. The predicted octanol–water partition coefficient (Wildman–Crippen LogP) is 4.78. The molecule has 0 saturated heterocycles. The van der Waals surface area contributed by atoms with Crippen LogP contribution in [-0.4, -0.2) is 27.8 Å². The molecule has 0 radical (unpaired) electrons. The van der Waals surface area contributed by atoms with E-state index in [1.807, 2.05) is 37.3 Å². The average molecular weight is 367 g/mol. The average Bonchev–Trinajstić information content (AvgIpc) is 3.08. The minimum atomic E-state index is -0.996. The first-order valence-corrected chi connectivity index (χ1v) is 8.83. The van der Waals surface area contributed by atoms with Gasteiger partial charge in [-0.1, -0.05) is 42.5 Å². The molecule has 0 atom stereocenters. The van der Waals surface area contributed by atoms with E-state index in [2.05, 4.69) is 4.98 Å². The van der Waals surface area contributed by atoms with Crippen LogP contribution in [0.2, 0.25) is 0 Å². The molecule has 26 heavy (non-hydrogen) atoms. The Morgan fingerprint density at radius 1 is 1.19 bits per heavy atom. The summed E-state index contributed by atoms with van der Waals surface area (Å²) in [5.74, 6) is -0.507. The molecule has 2 aromatic carbocycles. The molecule has 1 aromatic heterocycles. The lowest BCUT2D eigenvalue weighted by Gasteiger charge is -2.05. The molecule has 3 aromatic rings. The molecule has 0 unspecified atom stereocenters. The number of nitrogens with zero attached hydrogens (tertiary/aromatic N) is 1. The van der Waals surface area contributed by atoms with Crippen LogP contribution in [0, 0.1) is 0 Å². The molecule has 0 bridgehead atoms. The molecular formula is C20H17NO4S. The van der Waals surface area contributed by atoms with E-state index < -0.39 is 5.97 Å². The number of benzene rings is 2. The van der Waals surface area contributed by atoms with Gasteiger partial charge in [0.2, 0.25) is 0 Å². The largest absolute Gasteiger partial charge is 0.504 e. The monoisotopic (exact) mass is 367 g/mol. The van der Waals surface area contributed by atoms with Crippen molar-refractivity contribution in [2.75, 3.05) is 6.61 Å². The standard InChI is InChI=1S/C20H17NO4S/c1-2-25-16-12-13(8-10-15(16)22)9-11-17-21-18(19(26-17)20(23)24)14-6-4-3-5-7-14/h3-12,22H,2H2,1H3,(H,23,24)/b11-9+. The first kappa shape index (κ1) is 17.7. The second kappa shape index (κ2) is 7.84. The number of aromatic hydroxyl groups is 1. The number of phenolic OH excluding ortho intramolecular Hbond substituents is 1. The fourth-order valence-corrected chi connectivity index (χ4v) is 3.25. The molecule has 0 aliphatic carbocycles. The van der Waals surface area contributed by atoms with Gasteiger partial charge in [0.05, 0.1) is 12.3 Å². The summed E-state index contributed by atoms with van der Waals surface area (Å²) in [6, 6.07) is 14.3. The second-order valence-electron chi connectivity index (χ2n) is 5.39. The lowest BCUT2D eigenvalue weighted by molar-refractivity contribution is 0.0702. The maximum atomic E-state index is 11.5. The van der Waals surface area contributed by atoms with Crippen LogP contribution in [0.5, 0.6) is 11.5 Å². The number of aromatic carboxylic acids is 1. The van der Waals surface area contributed by atoms with Crippen LogP contribution in [0.3, 0.4) is 0 Å². The Hall–Kier alpha value is -3.12. The minimum Gasteiger partial charge on any atom is -0.504 e. The Morgan fingerprint density at radius 2 is 1.96 bits per heavy atom. The molecule has 0 aliphatic rings. The number of thiazole rings is 1. The summed E-state index contributed by atoms with van der Waals surface area (Å²) in [4.78, 5) is 16.2. The Kier molecular flexibility index (Phi) is 5.34. The van der Waals surface area contributed by atoms with Gasteiger partial charge < -0.3 is 14.9 Å². The summed E-state index contributed by atoms with van der Waals surface area (Å²) in [5, 5.41) is 19.8. The number of hydrogen-bond acceptors (Lipinski definition) is 5. The highest BCUT2D eigenvalue weighted by Crippen LogP contribution is 2.30. The number of rotatable bonds is 6. The molecule has 0 saturated carbocycles. The Labute approximate surface area is 154 Å². The van der Waals surface area contributed by atoms with E-state index in [0.29, 0.717) is 23.1 Å². The number of carboxylic acids is 1. The van der Waals surface area contributed by atoms with Gasteiger partial charge in [-0.05, 0) is 30.7 Å². The van der Waals surface area contributed by atoms with Crippen molar-refractivity contribution < 1.29 is 19.7 Å². The summed E-state index contributed by atoms with van der Waals surface area (Å²) >= 11 is 1.12. The van der Waals surface area contributed by atoms with Crippen molar-refractivity contribution in [3.63, 3.8) is 0 Å². The van der Waals surface area contributed by atoms with E-state index in [0.717, 1.165) is 22.5 Å². The maximum absolute atomic E-state index is 11.5. The van der Waals surface area contributed by atoms with Crippen molar-refractivity contribution in [1.29, 1.82) is 0 Å². The van der Waals surface area contributed by atoms with E-state index in [1.54, 1.807) is 30.4 Å². The summed E-state index contributed by atoms with van der Waals surface area (Å²) in [7, 11) is 0. The Bertz CT molecular complexity index is 948. The molecule has 2 N–H and O–H groups in total. The summed E-state index contributed by atoms with van der Waals surface area (Å²) in [6.45, 7) is 2.30. The van der Waals surface area contributed by atoms with E-state index in [-0.39, 0.29) is 10.6 Å². The maximum Gasteiger partial charge on any atom is 0.348 e. The van der Waals surface area contributed by atoms with Gasteiger partial charge in [0.25, 0.3) is 0 Å². The zero-order valence-electron chi connectivity index (χ0n) is 14.0. The van der Waals surface area contributed by atoms with Crippen LogP contribution in [-0.2, 0) is 0 Å². The number of phenols is 1. The molecule has 5 nitrogen and oxygen atoms in total. The predicted molar refractivity (Wildman–Crippen MR) is 103 cm³/mol. The minimum absolute atomic E-state index is 0.0813. The molecule has 3 rings (SSSR count). The van der Waals surface area contributed by atoms with Gasteiger partial charge in [-0.3, -0.25) is 0 Å². The topological polar surface area (TPSA) is 79.7 Å². The van der Waals surface area contributed by atoms with Crippen LogP contribution < -0.4 is 4.74 Å². The first-order chi connectivity index (χ1) is 12.6. The molecule has 6 heteroatoms. The van der Waals surface area contributed by atoms with Crippen LogP contribution in [0.25, 0.3) is 23.4 Å². The van der Waals surface area contributed by atoms with Crippen molar-refractivity contribution >= 4 is 29.5 Å². The van der Waals surface area contributed by atoms with Crippen molar-refractivity contribution in [2.45, 2.75) is 6.92 Å². The van der Waals surface area contributed by atoms with Gasteiger partial charge in [-0.2, -0.15) is 0 Å². The molecule has 1 heterocycles. The third kappa shape index (κ3) is 3.92. The molecule has 0 aliphatic heterocycles. The molecular weight excluding hydrogens is 350 g/mol. The Morgan fingerprint density at radius 3 is 2.65 bits per heavy atom. The van der Waals surface area contributed by atoms with Gasteiger partial charge in [0, 0.05) is 5.56 Å². The second-order valence-corrected chi connectivity index (χ2v) is 6.43. The third-order valence-corrected chi connectivity index (χ3v) is 4.60. The van der Waals surface area contributed by atoms with Crippen molar-refractivity contribution in [1.82, 2.24) is 4.98 Å². The van der Waals surface area contributed by atoms with E-state index >= 15 is 0 Å². The summed E-state index contributed by atoms with van der Waals surface area (Å²) < 4.78 is 5.37. The quantitative estimate of drug-likeness (QED) is 0.655. The highest BCUT2D eigenvalue weighted by atomic mass is 32.1. The van der Waals surface area contributed by atoms with Gasteiger partial charge >= 0.3 is 5.97 Å². The number of aromatic nitrogens is 1. The van der Waals surface area contributed by atoms with Crippen molar-refractivity contribution in [3.05, 3.63) is 64.0 Å². The molecule has 0 amide bonds. The van der Waals surface area contributed by atoms with E-state index in [9.17, 15) is 15.0 Å². The van der Waals surface area contributed by atoms with Crippen molar-refractivity contribution in [3.8, 4) is 22.8 Å². The van der Waals surface area contributed by atoms with E-state index in [1.165, 1.54) is 0 Å². The smallest absolute Gasteiger partial charge is 0.348 e. The van der Waals surface area contributed by atoms with Crippen LogP contribution in [0.1, 0.15) is 27.2 Å². The number of carbonyl (C=O) groups is 1. The van der Waals surface area contributed by atoms with Gasteiger partial charge in [-0.15, -0.1) is 11.3 Å². The van der Waals surface area contributed by atoms with Crippen LogP contribution >= 0.6 is 11.3 Å². The van der Waals surface area contributed by atoms with Gasteiger partial charge in [-0.25, -0.2) is 9.78 Å². The SMILES string of the molecule is CCOc1cc(/C=C/c2nc(-c3ccccc3)c(C(=O)O)s2)ccc1O. The summed E-state index contributed by atoms with van der Waals surface area (Å²) in [6.07, 6.45) is 3.56.